The van der Waals surface area contributed by atoms with Gasteiger partial charge in [-0.05, 0) is 17.7 Å². The lowest BCUT2D eigenvalue weighted by atomic mass is 9.96. The van der Waals surface area contributed by atoms with Crippen molar-refractivity contribution in [2.75, 3.05) is 0 Å². The molecule has 0 aliphatic heterocycles. The molecule has 0 aromatic heterocycles. The van der Waals surface area contributed by atoms with Gasteiger partial charge in [-0.3, -0.25) is 0 Å². The largest absolute Gasteiger partial charge is 0.386 e. The van der Waals surface area contributed by atoms with Gasteiger partial charge >= 0.3 is 0 Å². The van der Waals surface area contributed by atoms with E-state index < -0.39 is 18.0 Å². The van der Waals surface area contributed by atoms with E-state index in [2.05, 4.69) is 15.9 Å². The monoisotopic (exact) mass is 309 g/mol. The Hall–Kier alpha value is -1.23. The minimum atomic E-state index is -1.07. The lowest BCUT2D eigenvalue weighted by Gasteiger charge is -2.20. The van der Waals surface area contributed by atoms with Crippen molar-refractivity contribution in [3.8, 4) is 0 Å². The number of halogens is 2. The van der Waals surface area contributed by atoms with Crippen LogP contribution < -0.4 is 5.73 Å². The molecular weight excluding hydrogens is 297 g/mol. The van der Waals surface area contributed by atoms with Crippen LogP contribution in [0.5, 0.6) is 0 Å². The van der Waals surface area contributed by atoms with Gasteiger partial charge in [-0.15, -0.1) is 0 Å². The standard InChI is InChI=1S/C14H13BrFNO/c15-10-6-7-11(12(16)8-10)14(18)13(17)9-4-2-1-3-5-9/h1-8,13-14,18H,17H2. The van der Waals surface area contributed by atoms with E-state index in [1.165, 1.54) is 12.1 Å². The quantitative estimate of drug-likeness (QED) is 0.913. The maximum absolute atomic E-state index is 13.7. The molecule has 0 spiro atoms. The van der Waals surface area contributed by atoms with Gasteiger partial charge < -0.3 is 10.8 Å². The molecule has 4 heteroatoms. The minimum absolute atomic E-state index is 0.203. The van der Waals surface area contributed by atoms with E-state index in [4.69, 9.17) is 5.73 Å². The maximum atomic E-state index is 13.7. The molecule has 0 saturated carbocycles. The van der Waals surface area contributed by atoms with Crippen LogP contribution in [-0.4, -0.2) is 5.11 Å². The van der Waals surface area contributed by atoms with Crippen molar-refractivity contribution in [2.45, 2.75) is 12.1 Å². The van der Waals surface area contributed by atoms with Crippen molar-refractivity contribution in [3.63, 3.8) is 0 Å². The van der Waals surface area contributed by atoms with Crippen molar-refractivity contribution in [3.05, 3.63) is 69.9 Å². The van der Waals surface area contributed by atoms with Gasteiger partial charge in [0.05, 0.1) is 6.04 Å². The van der Waals surface area contributed by atoms with Crippen LogP contribution in [0.3, 0.4) is 0 Å². The molecule has 2 rings (SSSR count). The van der Waals surface area contributed by atoms with Gasteiger partial charge in [0.25, 0.3) is 0 Å². The molecule has 0 aliphatic rings. The summed E-state index contributed by atoms with van der Waals surface area (Å²) in [5.74, 6) is -0.469. The number of rotatable bonds is 3. The predicted octanol–water partition coefficient (Wildman–Crippen LogP) is 3.32. The Morgan fingerprint density at radius 1 is 1.11 bits per heavy atom. The average molecular weight is 310 g/mol. The number of nitrogens with two attached hydrogens (primary N) is 1. The Labute approximate surface area is 113 Å². The van der Waals surface area contributed by atoms with Crippen molar-refractivity contribution >= 4 is 15.9 Å². The van der Waals surface area contributed by atoms with E-state index in [1.807, 2.05) is 30.3 Å². The summed E-state index contributed by atoms with van der Waals surface area (Å²) in [6.45, 7) is 0. The van der Waals surface area contributed by atoms with E-state index in [9.17, 15) is 9.50 Å². The molecule has 0 heterocycles. The fourth-order valence-electron chi connectivity index (χ4n) is 1.79. The van der Waals surface area contributed by atoms with E-state index >= 15 is 0 Å². The third-order valence-corrected chi connectivity index (χ3v) is 3.30. The van der Waals surface area contributed by atoms with Gasteiger partial charge in [0, 0.05) is 10.0 Å². The number of hydrogen-bond donors (Lipinski definition) is 2. The van der Waals surface area contributed by atoms with Gasteiger partial charge in [-0.1, -0.05) is 52.3 Å². The summed E-state index contributed by atoms with van der Waals surface area (Å²) >= 11 is 3.17. The topological polar surface area (TPSA) is 46.2 Å². The molecule has 0 fully saturated rings. The summed E-state index contributed by atoms with van der Waals surface area (Å²) in [7, 11) is 0. The summed E-state index contributed by atoms with van der Waals surface area (Å²) in [6.07, 6.45) is -1.07. The van der Waals surface area contributed by atoms with Crippen LogP contribution in [0.25, 0.3) is 0 Å². The van der Waals surface area contributed by atoms with E-state index in [1.54, 1.807) is 6.07 Å². The number of aliphatic hydroxyl groups is 1. The molecule has 0 bridgehead atoms. The van der Waals surface area contributed by atoms with Crippen LogP contribution in [0.15, 0.2) is 53.0 Å². The van der Waals surface area contributed by atoms with Crippen LogP contribution in [0.1, 0.15) is 23.3 Å². The predicted molar refractivity (Wildman–Crippen MR) is 72.4 cm³/mol. The van der Waals surface area contributed by atoms with E-state index in [-0.39, 0.29) is 5.56 Å². The molecule has 0 amide bonds. The van der Waals surface area contributed by atoms with Crippen molar-refractivity contribution in [2.24, 2.45) is 5.73 Å². The first kappa shape index (κ1) is 13.2. The molecule has 2 nitrogen and oxygen atoms in total. The van der Waals surface area contributed by atoms with Gasteiger partial charge in [0.15, 0.2) is 0 Å². The Balaban J connectivity index is 2.28. The van der Waals surface area contributed by atoms with Crippen LogP contribution >= 0.6 is 15.9 Å². The Kier molecular flexibility index (Phi) is 4.11. The number of hydrogen-bond acceptors (Lipinski definition) is 2. The van der Waals surface area contributed by atoms with Crippen molar-refractivity contribution in [1.82, 2.24) is 0 Å². The van der Waals surface area contributed by atoms with Crippen LogP contribution in [0.4, 0.5) is 4.39 Å². The highest BCUT2D eigenvalue weighted by molar-refractivity contribution is 9.10. The minimum Gasteiger partial charge on any atom is -0.386 e. The molecular formula is C14H13BrFNO. The van der Waals surface area contributed by atoms with Gasteiger partial charge in [-0.25, -0.2) is 4.39 Å². The highest BCUT2D eigenvalue weighted by Crippen LogP contribution is 2.29. The molecule has 3 N–H and O–H groups in total. The van der Waals surface area contributed by atoms with Gasteiger partial charge in [-0.2, -0.15) is 0 Å². The Morgan fingerprint density at radius 3 is 2.39 bits per heavy atom. The normalized spacial score (nSPS) is 14.2. The first-order valence-corrected chi connectivity index (χ1v) is 6.32. The Morgan fingerprint density at radius 2 is 1.78 bits per heavy atom. The van der Waals surface area contributed by atoms with Crippen LogP contribution in [-0.2, 0) is 0 Å². The second kappa shape index (κ2) is 5.61. The molecule has 2 aromatic carbocycles. The zero-order chi connectivity index (χ0) is 13.1. The van der Waals surface area contributed by atoms with Gasteiger partial charge in [0.2, 0.25) is 0 Å². The third-order valence-electron chi connectivity index (χ3n) is 2.81. The molecule has 18 heavy (non-hydrogen) atoms. The van der Waals surface area contributed by atoms with E-state index in [0.717, 1.165) is 5.56 Å². The van der Waals surface area contributed by atoms with Crippen molar-refractivity contribution < 1.29 is 9.50 Å². The van der Waals surface area contributed by atoms with Gasteiger partial charge in [0.1, 0.15) is 11.9 Å². The van der Waals surface area contributed by atoms with Crippen LogP contribution in [0.2, 0.25) is 0 Å². The van der Waals surface area contributed by atoms with Crippen molar-refractivity contribution in [1.29, 1.82) is 0 Å². The number of aliphatic hydroxyl groups excluding tert-OH is 1. The highest BCUT2D eigenvalue weighted by Gasteiger charge is 2.21. The first-order chi connectivity index (χ1) is 8.59. The summed E-state index contributed by atoms with van der Waals surface area (Å²) in [4.78, 5) is 0. The molecule has 94 valence electrons. The molecule has 2 atom stereocenters. The second-order valence-electron chi connectivity index (χ2n) is 4.05. The third kappa shape index (κ3) is 2.77. The van der Waals surface area contributed by atoms with Crippen LogP contribution in [0, 0.1) is 5.82 Å². The SMILES string of the molecule is NC(c1ccccc1)C(O)c1ccc(Br)cc1F. The van der Waals surface area contributed by atoms with E-state index in [0.29, 0.717) is 4.47 Å². The number of benzene rings is 2. The second-order valence-corrected chi connectivity index (χ2v) is 4.96. The maximum Gasteiger partial charge on any atom is 0.130 e. The highest BCUT2D eigenvalue weighted by atomic mass is 79.9. The summed E-state index contributed by atoms with van der Waals surface area (Å²) < 4.78 is 14.4. The zero-order valence-electron chi connectivity index (χ0n) is 9.55. The molecule has 2 unspecified atom stereocenters. The molecule has 0 aliphatic carbocycles. The smallest absolute Gasteiger partial charge is 0.130 e. The summed E-state index contributed by atoms with van der Waals surface area (Å²) in [5, 5.41) is 10.1. The average Bonchev–Trinajstić information content (AvgIpc) is 2.38. The zero-order valence-corrected chi connectivity index (χ0v) is 11.1. The lowest BCUT2D eigenvalue weighted by molar-refractivity contribution is 0.142. The fourth-order valence-corrected chi connectivity index (χ4v) is 2.13. The first-order valence-electron chi connectivity index (χ1n) is 5.53. The lowest BCUT2D eigenvalue weighted by Crippen LogP contribution is -2.20. The molecule has 2 aromatic rings. The Bertz CT molecular complexity index is 533. The summed E-state index contributed by atoms with van der Waals surface area (Å²) in [5.41, 5.74) is 6.92. The summed E-state index contributed by atoms with van der Waals surface area (Å²) in [6, 6.07) is 13.0. The molecule has 0 saturated heterocycles. The molecule has 0 radical (unpaired) electrons. The fraction of sp³-hybridized carbons (Fsp3) is 0.143.